The van der Waals surface area contributed by atoms with Crippen molar-refractivity contribution >= 4 is 5.91 Å². The smallest absolute Gasteiger partial charge is 0.290 e. The summed E-state index contributed by atoms with van der Waals surface area (Å²) in [6.45, 7) is 5.75. The van der Waals surface area contributed by atoms with Crippen LogP contribution in [0.2, 0.25) is 0 Å². The number of amides is 1. The molecular weight excluding hydrogens is 471 g/mol. The maximum absolute atomic E-state index is 15.0. The molecule has 0 saturated carbocycles. The van der Waals surface area contributed by atoms with E-state index in [1.165, 1.54) is 26.0 Å². The highest BCUT2D eigenvalue weighted by Gasteiger charge is 2.35. The first kappa shape index (κ1) is 25.5. The second-order valence-corrected chi connectivity index (χ2v) is 9.42. The lowest BCUT2D eigenvalue weighted by molar-refractivity contribution is -0.00312. The average molecular weight is 500 g/mol. The number of fused-ring (bicyclic) bond motifs is 1. The van der Waals surface area contributed by atoms with Crippen LogP contribution in [0.1, 0.15) is 58.4 Å². The minimum absolute atomic E-state index is 0.0268. The number of alkyl halides is 3. The third kappa shape index (κ3) is 5.45. The van der Waals surface area contributed by atoms with E-state index in [0.717, 1.165) is 5.56 Å². The number of nitrogens with one attached hydrogen (secondary N) is 1. The molecule has 1 aliphatic heterocycles. The van der Waals surface area contributed by atoms with Crippen LogP contribution in [0.4, 0.5) is 13.2 Å². The quantitative estimate of drug-likeness (QED) is 0.436. The van der Waals surface area contributed by atoms with Gasteiger partial charge >= 0.3 is 0 Å². The number of hydrogen-bond donors (Lipinski definition) is 1. The largest absolute Gasteiger partial charge is 0.476 e. The molecule has 0 aliphatic carbocycles. The van der Waals surface area contributed by atoms with Crippen molar-refractivity contribution in [1.82, 2.24) is 15.5 Å². The molecule has 36 heavy (non-hydrogen) atoms. The van der Waals surface area contributed by atoms with Crippen LogP contribution < -0.4 is 14.8 Å². The Morgan fingerprint density at radius 2 is 1.89 bits per heavy atom. The molecule has 1 aliphatic rings. The molecule has 2 aromatic carbocycles. The highest BCUT2D eigenvalue weighted by molar-refractivity contribution is 5.98. The van der Waals surface area contributed by atoms with Gasteiger partial charge in [0.1, 0.15) is 17.0 Å². The molecule has 4 rings (SSSR count). The number of nitrogens with zero attached hydrogens (tertiary/aromatic N) is 2. The molecule has 190 valence electrons. The summed E-state index contributed by atoms with van der Waals surface area (Å²) in [5.41, 5.74) is 0.302. The third-order valence-electron chi connectivity index (χ3n) is 6.02. The van der Waals surface area contributed by atoms with Gasteiger partial charge in [0.15, 0.2) is 0 Å². The number of aromatic nitrogens is 2. The van der Waals surface area contributed by atoms with Crippen LogP contribution >= 0.6 is 0 Å². The van der Waals surface area contributed by atoms with E-state index in [-0.39, 0.29) is 28.6 Å². The van der Waals surface area contributed by atoms with E-state index in [0.29, 0.717) is 36.1 Å². The highest BCUT2D eigenvalue weighted by Crippen LogP contribution is 2.35. The molecule has 0 radical (unpaired) electrons. The maximum atomic E-state index is 15.0. The van der Waals surface area contributed by atoms with E-state index in [9.17, 15) is 9.18 Å². The Bertz CT molecular complexity index is 1290. The van der Waals surface area contributed by atoms with E-state index in [1.54, 1.807) is 37.3 Å². The lowest BCUT2D eigenvalue weighted by atomic mass is 9.99. The monoisotopic (exact) mass is 499 g/mol. The van der Waals surface area contributed by atoms with Gasteiger partial charge in [-0.15, -0.1) is 10.2 Å². The molecule has 3 aromatic rings. The minimum atomic E-state index is -3.30. The first-order chi connectivity index (χ1) is 17.0. The lowest BCUT2D eigenvalue weighted by Crippen LogP contribution is -2.36. The fourth-order valence-corrected chi connectivity index (χ4v) is 4.15. The average Bonchev–Trinajstić information content (AvgIpc) is 2.82. The van der Waals surface area contributed by atoms with Gasteiger partial charge in [0.05, 0.1) is 13.2 Å². The molecule has 0 saturated heterocycles. The molecule has 1 N–H and O–H groups in total. The van der Waals surface area contributed by atoms with E-state index >= 15 is 8.78 Å². The maximum Gasteiger partial charge on any atom is 0.290 e. The topological polar surface area (TPSA) is 73.3 Å². The molecular formula is C27H28F3N3O3. The number of aryl methyl sites for hydroxylation is 2. The predicted molar refractivity (Wildman–Crippen MR) is 129 cm³/mol. The van der Waals surface area contributed by atoms with Crippen molar-refractivity contribution in [2.24, 2.45) is 0 Å². The van der Waals surface area contributed by atoms with Crippen LogP contribution in [0.5, 0.6) is 17.5 Å². The molecule has 0 unspecified atom stereocenters. The van der Waals surface area contributed by atoms with Gasteiger partial charge in [-0.1, -0.05) is 35.9 Å². The first-order valence-electron chi connectivity index (χ1n) is 11.7. The number of carbonyl (C=O) groups is 1. The molecule has 2 heterocycles. The van der Waals surface area contributed by atoms with Crippen molar-refractivity contribution in [2.75, 3.05) is 13.2 Å². The molecule has 1 amide bonds. The predicted octanol–water partition coefficient (Wildman–Crippen LogP) is 5.94. The van der Waals surface area contributed by atoms with Crippen molar-refractivity contribution in [1.29, 1.82) is 0 Å². The number of rotatable bonds is 7. The Labute approximate surface area is 207 Å². The Hall–Kier alpha value is -3.62. The molecule has 6 nitrogen and oxygen atoms in total. The van der Waals surface area contributed by atoms with Crippen molar-refractivity contribution in [3.63, 3.8) is 0 Å². The summed E-state index contributed by atoms with van der Waals surface area (Å²) in [6.07, 6.45) is 1.05. The summed E-state index contributed by atoms with van der Waals surface area (Å²) < 4.78 is 55.9. The second-order valence-electron chi connectivity index (χ2n) is 9.42. The third-order valence-corrected chi connectivity index (χ3v) is 6.02. The SMILES string of the molecule is Cc1ccc(C(F)(F)CNC(=O)c2c(Oc3cccc(C(C)(C)F)c3)nnc3c2CCCO3)c(C)c1. The normalized spacial score (nSPS) is 13.5. The van der Waals surface area contributed by atoms with E-state index in [1.807, 2.05) is 6.92 Å². The van der Waals surface area contributed by atoms with Gasteiger partial charge in [0, 0.05) is 11.1 Å². The number of carbonyl (C=O) groups excluding carboxylic acids is 1. The lowest BCUT2D eigenvalue weighted by Gasteiger charge is -2.22. The van der Waals surface area contributed by atoms with Gasteiger partial charge in [-0.05, 0) is 63.8 Å². The summed E-state index contributed by atoms with van der Waals surface area (Å²) in [7, 11) is 0. The molecule has 0 fully saturated rings. The fraction of sp³-hybridized carbons (Fsp3) is 0.370. The van der Waals surface area contributed by atoms with Crippen molar-refractivity contribution in [2.45, 2.75) is 52.1 Å². The molecule has 0 bridgehead atoms. The van der Waals surface area contributed by atoms with Crippen LogP contribution in [0.15, 0.2) is 42.5 Å². The fourth-order valence-electron chi connectivity index (χ4n) is 4.15. The van der Waals surface area contributed by atoms with Gasteiger partial charge < -0.3 is 14.8 Å². The number of benzene rings is 2. The first-order valence-corrected chi connectivity index (χ1v) is 11.7. The van der Waals surface area contributed by atoms with Gasteiger partial charge in [0.2, 0.25) is 5.88 Å². The van der Waals surface area contributed by atoms with Crippen LogP contribution in [0.25, 0.3) is 0 Å². The number of hydrogen-bond acceptors (Lipinski definition) is 5. The van der Waals surface area contributed by atoms with Crippen LogP contribution in [-0.2, 0) is 18.0 Å². The van der Waals surface area contributed by atoms with E-state index in [2.05, 4.69) is 15.5 Å². The highest BCUT2D eigenvalue weighted by atomic mass is 19.3. The van der Waals surface area contributed by atoms with Crippen molar-refractivity contribution < 1.29 is 27.4 Å². The standard InChI is InChI=1S/C27H28F3N3O3/c1-16-10-11-21(17(2)13-16)27(29,30)15-31-23(34)22-20-9-6-12-35-24(20)32-33-25(22)36-19-8-5-7-18(14-19)26(3,4)28/h5,7-8,10-11,13-14H,6,9,12,15H2,1-4H3,(H,31,34). The second kappa shape index (κ2) is 9.79. The van der Waals surface area contributed by atoms with Crippen LogP contribution in [0, 0.1) is 13.8 Å². The number of halogens is 3. The molecule has 0 atom stereocenters. The zero-order valence-corrected chi connectivity index (χ0v) is 20.6. The van der Waals surface area contributed by atoms with Crippen molar-refractivity contribution in [3.8, 4) is 17.5 Å². The zero-order chi connectivity index (χ0) is 26.1. The van der Waals surface area contributed by atoms with Gasteiger partial charge in [-0.2, -0.15) is 8.78 Å². The Balaban J connectivity index is 1.64. The van der Waals surface area contributed by atoms with Crippen LogP contribution in [-0.4, -0.2) is 29.3 Å². The number of ether oxygens (including phenoxy) is 2. The summed E-state index contributed by atoms with van der Waals surface area (Å²) >= 11 is 0. The van der Waals surface area contributed by atoms with Gasteiger partial charge in [-0.3, -0.25) is 4.79 Å². The van der Waals surface area contributed by atoms with E-state index < -0.39 is 24.0 Å². The van der Waals surface area contributed by atoms with Gasteiger partial charge in [-0.25, -0.2) is 4.39 Å². The Morgan fingerprint density at radius 3 is 2.61 bits per heavy atom. The van der Waals surface area contributed by atoms with E-state index in [4.69, 9.17) is 9.47 Å². The summed E-state index contributed by atoms with van der Waals surface area (Å²) in [5.74, 6) is -3.85. The minimum Gasteiger partial charge on any atom is -0.476 e. The molecule has 0 spiro atoms. The zero-order valence-electron chi connectivity index (χ0n) is 20.6. The summed E-state index contributed by atoms with van der Waals surface area (Å²) in [5, 5.41) is 10.3. The van der Waals surface area contributed by atoms with Gasteiger partial charge in [0.25, 0.3) is 17.7 Å². The molecule has 9 heteroatoms. The Kier molecular flexibility index (Phi) is 6.93. The van der Waals surface area contributed by atoms with Crippen molar-refractivity contribution in [3.05, 3.63) is 75.8 Å². The summed E-state index contributed by atoms with van der Waals surface area (Å²) in [6, 6.07) is 11.0. The van der Waals surface area contributed by atoms with Crippen LogP contribution in [0.3, 0.4) is 0 Å². The molecule has 1 aromatic heterocycles. The summed E-state index contributed by atoms with van der Waals surface area (Å²) in [4.78, 5) is 13.3. The Morgan fingerprint density at radius 1 is 1.11 bits per heavy atom.